The van der Waals surface area contributed by atoms with E-state index in [2.05, 4.69) is 27.2 Å². The molecule has 1 aromatic carbocycles. The van der Waals surface area contributed by atoms with Gasteiger partial charge in [0.05, 0.1) is 25.9 Å². The molecule has 0 aromatic heterocycles. The van der Waals surface area contributed by atoms with E-state index in [4.69, 9.17) is 14.2 Å². The maximum Gasteiger partial charge on any atom is 0.337 e. The second-order valence-electron chi connectivity index (χ2n) is 4.94. The lowest BCUT2D eigenvalue weighted by atomic mass is 10.2. The van der Waals surface area contributed by atoms with Crippen molar-refractivity contribution in [1.29, 1.82) is 0 Å². The van der Waals surface area contributed by atoms with Crippen LogP contribution in [-0.2, 0) is 19.0 Å². The minimum absolute atomic E-state index is 0.0322. The fourth-order valence-electron chi connectivity index (χ4n) is 2.08. The van der Waals surface area contributed by atoms with Gasteiger partial charge in [-0.1, -0.05) is 28.6 Å². The van der Waals surface area contributed by atoms with Crippen LogP contribution in [0, 0.1) is 0 Å². The molecule has 5 nitrogen and oxygen atoms in total. The molecule has 0 N–H and O–H groups in total. The van der Waals surface area contributed by atoms with Gasteiger partial charge in [-0.3, -0.25) is 0 Å². The molecule has 1 saturated heterocycles. The quantitative estimate of drug-likeness (QED) is 0.293. The van der Waals surface area contributed by atoms with E-state index >= 15 is 0 Å². The van der Waals surface area contributed by atoms with Gasteiger partial charge in [0.2, 0.25) is 0 Å². The fourth-order valence-corrected chi connectivity index (χ4v) is 2.51. The van der Waals surface area contributed by atoms with Crippen LogP contribution in [0.5, 0.6) is 5.75 Å². The van der Waals surface area contributed by atoms with Gasteiger partial charge in [0.25, 0.3) is 0 Å². The summed E-state index contributed by atoms with van der Waals surface area (Å²) in [5.74, 6) is -0.108. The number of alkyl halides is 1. The van der Waals surface area contributed by atoms with Crippen LogP contribution in [0.1, 0.15) is 11.9 Å². The van der Waals surface area contributed by atoms with E-state index in [-0.39, 0.29) is 11.3 Å². The number of allylic oxidation sites excluding steroid dienone is 3. The number of hydrogen-bond donors (Lipinski definition) is 0. The highest BCUT2D eigenvalue weighted by atomic mass is 79.9. The summed E-state index contributed by atoms with van der Waals surface area (Å²) in [4.78, 5) is 11.5. The molecule has 1 aromatic rings. The number of carbonyl (C=O) groups is 1. The molecule has 1 aliphatic heterocycles. The molecule has 0 saturated carbocycles. The van der Waals surface area contributed by atoms with Gasteiger partial charge < -0.3 is 18.9 Å². The lowest BCUT2D eigenvalue weighted by Crippen LogP contribution is -2.03. The van der Waals surface area contributed by atoms with E-state index in [1.54, 1.807) is 18.2 Å². The Hall–Kier alpha value is -1.96. The fraction of sp³-hybridized carbons (Fsp3) is 0.278. The SMILES string of the molecule is C=C/C(=C\C=C(/CF)Oc1ccc(Br)c(C2OCCO2)c1)C(=O)OC. The monoisotopic (exact) mass is 412 g/mol. The highest BCUT2D eigenvalue weighted by Gasteiger charge is 2.21. The number of ether oxygens (including phenoxy) is 4. The number of carbonyl (C=O) groups excluding carboxylic acids is 1. The average molecular weight is 413 g/mol. The molecule has 2 rings (SSSR count). The molecule has 0 aliphatic carbocycles. The zero-order chi connectivity index (χ0) is 18.2. The van der Waals surface area contributed by atoms with Crippen molar-refractivity contribution in [2.24, 2.45) is 0 Å². The number of rotatable bonds is 7. The topological polar surface area (TPSA) is 54.0 Å². The molecule has 0 bridgehead atoms. The zero-order valence-electron chi connectivity index (χ0n) is 13.7. The molecule has 1 aliphatic rings. The summed E-state index contributed by atoms with van der Waals surface area (Å²) in [7, 11) is 1.26. The van der Waals surface area contributed by atoms with Crippen LogP contribution in [0.25, 0.3) is 0 Å². The summed E-state index contributed by atoms with van der Waals surface area (Å²) in [5, 5.41) is 0. The molecule has 1 fully saturated rings. The Bertz CT molecular complexity index is 693. The first-order chi connectivity index (χ1) is 12.1. The third kappa shape index (κ3) is 5.26. The number of hydrogen-bond acceptors (Lipinski definition) is 5. The van der Waals surface area contributed by atoms with Crippen molar-refractivity contribution in [3.05, 3.63) is 64.4 Å². The van der Waals surface area contributed by atoms with Gasteiger partial charge in [-0.25, -0.2) is 9.18 Å². The van der Waals surface area contributed by atoms with Gasteiger partial charge in [0, 0.05) is 10.0 Å². The molecule has 7 heteroatoms. The van der Waals surface area contributed by atoms with Crippen LogP contribution in [0.15, 0.2) is 58.8 Å². The van der Waals surface area contributed by atoms with Crippen molar-refractivity contribution in [2.75, 3.05) is 27.0 Å². The molecule has 0 spiro atoms. The first kappa shape index (κ1) is 19.4. The summed E-state index contributed by atoms with van der Waals surface area (Å²) in [6.07, 6.45) is 3.59. The van der Waals surface area contributed by atoms with Crippen LogP contribution in [0.4, 0.5) is 4.39 Å². The molecule has 0 amide bonds. The van der Waals surface area contributed by atoms with Crippen molar-refractivity contribution in [1.82, 2.24) is 0 Å². The van der Waals surface area contributed by atoms with Gasteiger partial charge in [-0.05, 0) is 30.4 Å². The van der Waals surface area contributed by atoms with E-state index in [0.717, 1.165) is 10.0 Å². The second kappa shape index (κ2) is 9.50. The zero-order valence-corrected chi connectivity index (χ0v) is 15.3. The predicted molar refractivity (Wildman–Crippen MR) is 93.8 cm³/mol. The van der Waals surface area contributed by atoms with E-state index in [9.17, 15) is 9.18 Å². The molecule has 1 heterocycles. The lowest BCUT2D eigenvalue weighted by molar-refractivity contribution is -0.135. The van der Waals surface area contributed by atoms with Crippen molar-refractivity contribution >= 4 is 21.9 Å². The van der Waals surface area contributed by atoms with Crippen molar-refractivity contribution < 1.29 is 28.1 Å². The Kier molecular flexibility index (Phi) is 7.36. The van der Waals surface area contributed by atoms with Gasteiger partial charge in [-0.15, -0.1) is 0 Å². The molecule has 134 valence electrons. The molecular formula is C18H18BrFO5. The van der Waals surface area contributed by atoms with Gasteiger partial charge >= 0.3 is 5.97 Å². The minimum atomic E-state index is -0.843. The number of benzene rings is 1. The number of esters is 1. The summed E-state index contributed by atoms with van der Waals surface area (Å²) >= 11 is 3.43. The molecule has 0 atom stereocenters. The van der Waals surface area contributed by atoms with E-state index in [1.807, 2.05) is 0 Å². The van der Waals surface area contributed by atoms with Crippen molar-refractivity contribution in [3.8, 4) is 5.75 Å². The van der Waals surface area contributed by atoms with Crippen LogP contribution in [0.3, 0.4) is 0 Å². The highest BCUT2D eigenvalue weighted by molar-refractivity contribution is 9.10. The van der Waals surface area contributed by atoms with Crippen LogP contribution >= 0.6 is 15.9 Å². The van der Waals surface area contributed by atoms with E-state index in [0.29, 0.717) is 19.0 Å². The maximum atomic E-state index is 13.2. The van der Waals surface area contributed by atoms with Crippen molar-refractivity contribution in [2.45, 2.75) is 6.29 Å². The molecule has 0 radical (unpaired) electrons. The third-order valence-corrected chi connectivity index (χ3v) is 4.04. The molecule has 0 unspecified atom stereocenters. The van der Waals surface area contributed by atoms with Gasteiger partial charge in [0.1, 0.15) is 18.2 Å². The minimum Gasteiger partial charge on any atom is -0.465 e. The molecule has 25 heavy (non-hydrogen) atoms. The lowest BCUT2D eigenvalue weighted by Gasteiger charge is -2.14. The number of methoxy groups -OCH3 is 1. The summed E-state index contributed by atoms with van der Waals surface area (Å²) < 4.78 is 35.1. The Morgan fingerprint density at radius 3 is 2.72 bits per heavy atom. The van der Waals surface area contributed by atoms with Crippen LogP contribution < -0.4 is 4.74 Å². The summed E-state index contributed by atoms with van der Waals surface area (Å²) in [6.45, 7) is 3.70. The maximum absolute atomic E-state index is 13.2. The van der Waals surface area contributed by atoms with E-state index < -0.39 is 18.9 Å². The summed E-state index contributed by atoms with van der Waals surface area (Å²) in [5.41, 5.74) is 0.950. The largest absolute Gasteiger partial charge is 0.465 e. The van der Waals surface area contributed by atoms with Gasteiger partial charge in [-0.2, -0.15) is 0 Å². The molecular weight excluding hydrogens is 395 g/mol. The standard InChI is InChI=1S/C18H18BrFO5/c1-3-12(17(21)22-2)4-5-14(11-20)25-13-6-7-16(19)15(10-13)18-23-8-9-24-18/h3-7,10,18H,1,8-9,11H2,2H3/b12-4+,14-5+. The van der Waals surface area contributed by atoms with Gasteiger partial charge in [0.15, 0.2) is 6.29 Å². The normalized spacial score (nSPS) is 16.0. The first-order valence-corrected chi connectivity index (χ1v) is 8.26. The first-order valence-electron chi connectivity index (χ1n) is 7.47. The Morgan fingerprint density at radius 1 is 1.40 bits per heavy atom. The average Bonchev–Trinajstić information content (AvgIpc) is 3.16. The second-order valence-corrected chi connectivity index (χ2v) is 5.80. The summed E-state index contributed by atoms with van der Waals surface area (Å²) in [6, 6.07) is 5.16. The Labute approximate surface area is 153 Å². The number of halogens is 2. The predicted octanol–water partition coefficient (Wildman–Crippen LogP) is 4.01. The van der Waals surface area contributed by atoms with E-state index in [1.165, 1.54) is 25.3 Å². The van der Waals surface area contributed by atoms with Crippen molar-refractivity contribution in [3.63, 3.8) is 0 Å². The smallest absolute Gasteiger partial charge is 0.337 e. The third-order valence-electron chi connectivity index (χ3n) is 3.31. The highest BCUT2D eigenvalue weighted by Crippen LogP contribution is 2.33. The van der Waals surface area contributed by atoms with Crippen LogP contribution in [0.2, 0.25) is 0 Å². The van der Waals surface area contributed by atoms with Crippen LogP contribution in [-0.4, -0.2) is 33.0 Å². The Morgan fingerprint density at radius 2 is 2.12 bits per heavy atom. The Balaban J connectivity index is 2.19.